The quantitative estimate of drug-likeness (QED) is 0.726. The predicted octanol–water partition coefficient (Wildman–Crippen LogP) is 0.913. The minimum absolute atomic E-state index is 0.0651. The van der Waals surface area contributed by atoms with Gasteiger partial charge in [0.05, 0.1) is 13.0 Å². The third-order valence-corrected chi connectivity index (χ3v) is 2.87. The van der Waals surface area contributed by atoms with E-state index in [-0.39, 0.29) is 18.9 Å². The Hall–Kier alpha value is -2.57. The lowest BCUT2D eigenvalue weighted by atomic mass is 10.1. The van der Waals surface area contributed by atoms with Crippen LogP contribution in [0.2, 0.25) is 0 Å². The van der Waals surface area contributed by atoms with Gasteiger partial charge in [0.15, 0.2) is 0 Å². The van der Waals surface area contributed by atoms with Gasteiger partial charge in [-0.2, -0.15) is 0 Å². The molecule has 0 heterocycles. The Morgan fingerprint density at radius 2 is 1.81 bits per heavy atom. The molecule has 7 nitrogen and oxygen atoms in total. The average molecular weight is 293 g/mol. The van der Waals surface area contributed by atoms with Crippen LogP contribution in [0, 0.1) is 0 Å². The van der Waals surface area contributed by atoms with E-state index < -0.39 is 12.0 Å². The highest BCUT2D eigenvalue weighted by molar-refractivity contribution is 5.92. The molecular formula is C14H19N3O4. The van der Waals surface area contributed by atoms with Crippen LogP contribution in [-0.2, 0) is 16.0 Å². The van der Waals surface area contributed by atoms with Gasteiger partial charge in [-0.25, -0.2) is 4.79 Å². The largest absolute Gasteiger partial charge is 0.481 e. The Labute approximate surface area is 122 Å². The van der Waals surface area contributed by atoms with Gasteiger partial charge in [-0.1, -0.05) is 12.1 Å². The molecule has 0 saturated carbocycles. The molecule has 21 heavy (non-hydrogen) atoms. The van der Waals surface area contributed by atoms with Crippen LogP contribution in [0.3, 0.4) is 0 Å². The smallest absolute Gasteiger partial charge is 0.319 e. The molecule has 0 aliphatic carbocycles. The van der Waals surface area contributed by atoms with Gasteiger partial charge < -0.3 is 20.6 Å². The topological polar surface area (TPSA) is 98.7 Å². The van der Waals surface area contributed by atoms with Crippen molar-refractivity contribution in [2.75, 3.05) is 25.5 Å². The SMILES string of the molecule is CCN(C)C(=O)CNC(=O)Nc1ccc(CC(=O)O)cc1. The van der Waals surface area contributed by atoms with Gasteiger partial charge in [0.1, 0.15) is 0 Å². The number of hydrogen-bond acceptors (Lipinski definition) is 3. The minimum atomic E-state index is -0.910. The maximum absolute atomic E-state index is 11.6. The number of urea groups is 1. The van der Waals surface area contributed by atoms with Gasteiger partial charge in [0.25, 0.3) is 0 Å². The number of nitrogens with one attached hydrogen (secondary N) is 2. The summed E-state index contributed by atoms with van der Waals surface area (Å²) in [4.78, 5) is 35.2. The second-order valence-corrected chi connectivity index (χ2v) is 4.48. The summed E-state index contributed by atoms with van der Waals surface area (Å²) in [7, 11) is 1.66. The Morgan fingerprint density at radius 1 is 1.19 bits per heavy atom. The third-order valence-electron chi connectivity index (χ3n) is 2.87. The number of nitrogens with zero attached hydrogens (tertiary/aromatic N) is 1. The van der Waals surface area contributed by atoms with Gasteiger partial charge >= 0.3 is 12.0 Å². The monoisotopic (exact) mass is 293 g/mol. The molecule has 3 amide bonds. The molecular weight excluding hydrogens is 274 g/mol. The van der Waals surface area contributed by atoms with E-state index in [2.05, 4.69) is 10.6 Å². The number of aliphatic carboxylic acids is 1. The first kappa shape index (κ1) is 16.5. The highest BCUT2D eigenvalue weighted by atomic mass is 16.4. The number of anilines is 1. The van der Waals surface area contributed by atoms with Crippen molar-refractivity contribution in [1.29, 1.82) is 0 Å². The molecule has 0 saturated heterocycles. The Kier molecular flexibility index (Phi) is 6.19. The zero-order chi connectivity index (χ0) is 15.8. The standard InChI is InChI=1S/C14H19N3O4/c1-3-17(2)12(18)9-15-14(21)16-11-6-4-10(5-7-11)8-13(19)20/h4-7H,3,8-9H2,1-2H3,(H,19,20)(H2,15,16,21). The molecule has 1 rings (SSSR count). The zero-order valence-electron chi connectivity index (χ0n) is 12.0. The first-order valence-corrected chi connectivity index (χ1v) is 6.52. The van der Waals surface area contributed by atoms with Crippen molar-refractivity contribution >= 4 is 23.6 Å². The highest BCUT2D eigenvalue weighted by Crippen LogP contribution is 2.09. The van der Waals surface area contributed by atoms with E-state index in [0.717, 1.165) is 0 Å². The molecule has 0 aliphatic heterocycles. The van der Waals surface area contributed by atoms with Crippen LogP contribution in [0.15, 0.2) is 24.3 Å². The van der Waals surface area contributed by atoms with Crippen LogP contribution in [0.25, 0.3) is 0 Å². The lowest BCUT2D eigenvalue weighted by Crippen LogP contribution is -2.39. The lowest BCUT2D eigenvalue weighted by molar-refractivity contribution is -0.136. The molecule has 0 spiro atoms. The highest BCUT2D eigenvalue weighted by Gasteiger charge is 2.09. The van der Waals surface area contributed by atoms with E-state index in [1.807, 2.05) is 6.92 Å². The molecule has 114 valence electrons. The maximum Gasteiger partial charge on any atom is 0.319 e. The summed E-state index contributed by atoms with van der Waals surface area (Å²) in [6.07, 6.45) is -0.0651. The molecule has 0 unspecified atom stereocenters. The van der Waals surface area contributed by atoms with Crippen LogP contribution in [0.5, 0.6) is 0 Å². The first-order chi connectivity index (χ1) is 9.92. The Balaban J connectivity index is 2.44. The summed E-state index contributed by atoms with van der Waals surface area (Å²) in [5.41, 5.74) is 1.17. The van der Waals surface area contributed by atoms with Crippen molar-refractivity contribution in [1.82, 2.24) is 10.2 Å². The van der Waals surface area contributed by atoms with E-state index >= 15 is 0 Å². The van der Waals surface area contributed by atoms with E-state index in [1.165, 1.54) is 4.90 Å². The molecule has 0 aliphatic rings. The number of carbonyl (C=O) groups excluding carboxylic acids is 2. The molecule has 3 N–H and O–H groups in total. The van der Waals surface area contributed by atoms with Crippen molar-refractivity contribution in [2.45, 2.75) is 13.3 Å². The summed E-state index contributed by atoms with van der Waals surface area (Å²) in [6.45, 7) is 2.34. The number of carboxylic acids is 1. The van der Waals surface area contributed by atoms with E-state index in [4.69, 9.17) is 5.11 Å². The second-order valence-electron chi connectivity index (χ2n) is 4.48. The second kappa shape index (κ2) is 7.88. The molecule has 0 aromatic heterocycles. The molecule has 0 bridgehead atoms. The fourth-order valence-corrected chi connectivity index (χ4v) is 1.52. The van der Waals surface area contributed by atoms with Crippen molar-refractivity contribution < 1.29 is 19.5 Å². The summed E-state index contributed by atoms with van der Waals surface area (Å²) in [5.74, 6) is -1.09. The minimum Gasteiger partial charge on any atom is -0.481 e. The number of carboxylic acid groups (broad SMARTS) is 1. The molecule has 0 fully saturated rings. The average Bonchev–Trinajstić information content (AvgIpc) is 2.45. The molecule has 1 aromatic rings. The van der Waals surface area contributed by atoms with Crippen LogP contribution < -0.4 is 10.6 Å². The van der Waals surface area contributed by atoms with E-state index in [9.17, 15) is 14.4 Å². The number of amides is 3. The van der Waals surface area contributed by atoms with Crippen LogP contribution in [0.4, 0.5) is 10.5 Å². The number of carbonyl (C=O) groups is 3. The fraction of sp³-hybridized carbons (Fsp3) is 0.357. The number of likely N-dealkylation sites (N-methyl/N-ethyl adjacent to an activating group) is 1. The maximum atomic E-state index is 11.6. The van der Waals surface area contributed by atoms with Gasteiger partial charge in [-0.15, -0.1) is 0 Å². The Bertz CT molecular complexity index is 513. The van der Waals surface area contributed by atoms with E-state index in [0.29, 0.717) is 17.8 Å². The summed E-state index contributed by atoms with van der Waals surface area (Å²) in [6, 6.07) is 5.98. The predicted molar refractivity (Wildman–Crippen MR) is 78.1 cm³/mol. The first-order valence-electron chi connectivity index (χ1n) is 6.52. The fourth-order valence-electron chi connectivity index (χ4n) is 1.52. The van der Waals surface area contributed by atoms with Crippen molar-refractivity contribution in [3.63, 3.8) is 0 Å². The van der Waals surface area contributed by atoms with Crippen molar-refractivity contribution in [2.24, 2.45) is 0 Å². The van der Waals surface area contributed by atoms with Crippen LogP contribution in [-0.4, -0.2) is 48.1 Å². The van der Waals surface area contributed by atoms with Gasteiger partial charge in [-0.05, 0) is 24.6 Å². The van der Waals surface area contributed by atoms with Gasteiger partial charge in [0, 0.05) is 19.3 Å². The van der Waals surface area contributed by atoms with Crippen molar-refractivity contribution in [3.8, 4) is 0 Å². The number of benzene rings is 1. The van der Waals surface area contributed by atoms with E-state index in [1.54, 1.807) is 31.3 Å². The normalized spacial score (nSPS) is 9.81. The summed E-state index contributed by atoms with van der Waals surface area (Å²) < 4.78 is 0. The summed E-state index contributed by atoms with van der Waals surface area (Å²) >= 11 is 0. The summed E-state index contributed by atoms with van der Waals surface area (Å²) in [5, 5.41) is 13.7. The van der Waals surface area contributed by atoms with Crippen LogP contribution >= 0.6 is 0 Å². The number of rotatable bonds is 6. The third kappa shape index (κ3) is 5.94. The van der Waals surface area contributed by atoms with Crippen LogP contribution in [0.1, 0.15) is 12.5 Å². The number of hydrogen-bond donors (Lipinski definition) is 3. The molecule has 0 radical (unpaired) electrons. The molecule has 1 aromatic carbocycles. The Morgan fingerprint density at radius 3 is 2.33 bits per heavy atom. The molecule has 7 heteroatoms. The van der Waals surface area contributed by atoms with Gasteiger partial charge in [0.2, 0.25) is 5.91 Å². The van der Waals surface area contributed by atoms with Crippen molar-refractivity contribution in [3.05, 3.63) is 29.8 Å². The molecule has 0 atom stereocenters. The van der Waals surface area contributed by atoms with Gasteiger partial charge in [-0.3, -0.25) is 9.59 Å². The zero-order valence-corrected chi connectivity index (χ0v) is 12.0. The lowest BCUT2D eigenvalue weighted by Gasteiger charge is -2.15.